The number of fused-ring (bicyclic) bond motifs is 2. The Morgan fingerprint density at radius 1 is 1.08 bits per heavy atom. The van der Waals surface area contributed by atoms with Crippen molar-refractivity contribution in [2.24, 2.45) is 11.3 Å². The summed E-state index contributed by atoms with van der Waals surface area (Å²) in [4.78, 5) is 25.0. The Morgan fingerprint density at radius 2 is 1.84 bits per heavy atom. The molecule has 0 heterocycles. The van der Waals surface area contributed by atoms with E-state index in [0.29, 0.717) is 6.42 Å². The molecule has 0 amide bonds. The molecule has 0 spiro atoms. The van der Waals surface area contributed by atoms with Crippen LogP contribution in [-0.2, 0) is 25.5 Å². The molecule has 25 heavy (non-hydrogen) atoms. The number of aryl methyl sites for hydroxylation is 1. The second-order valence-corrected chi connectivity index (χ2v) is 6.79. The number of hydrogen-bond donors (Lipinski definition) is 0. The van der Waals surface area contributed by atoms with Gasteiger partial charge in [0.25, 0.3) is 0 Å². The highest BCUT2D eigenvalue weighted by molar-refractivity contribution is 5.93. The van der Waals surface area contributed by atoms with Crippen LogP contribution in [0.5, 0.6) is 5.75 Å². The first-order valence-corrected chi connectivity index (χ1v) is 8.53. The Hall–Kier alpha value is -2.30. The van der Waals surface area contributed by atoms with Crippen molar-refractivity contribution in [1.82, 2.24) is 0 Å². The highest BCUT2D eigenvalue weighted by Crippen LogP contribution is 2.53. The predicted molar refractivity (Wildman–Crippen MR) is 93.1 cm³/mol. The number of hydrogen-bond acceptors (Lipinski definition) is 5. The van der Waals surface area contributed by atoms with Crippen LogP contribution in [0.4, 0.5) is 0 Å². The SMILES string of the molecule is COC(=O)C1CCC2=C(CCc3cc(OC)ccc32)C1(C)C(=O)OC. The Kier molecular flexibility index (Phi) is 4.58. The Labute approximate surface area is 148 Å². The standard InChI is InChI=1S/C20H24O5/c1-20(19(22)25-4)16-9-5-12-11-13(23-2)6-7-14(12)15(16)8-10-17(20)18(21)24-3/h6-7,11,17H,5,8-10H2,1-4H3. The number of ether oxygens (including phenoxy) is 3. The average molecular weight is 344 g/mol. The van der Waals surface area contributed by atoms with Gasteiger partial charge in [0.2, 0.25) is 0 Å². The zero-order valence-electron chi connectivity index (χ0n) is 15.2. The molecule has 3 rings (SSSR count). The Balaban J connectivity index is 2.15. The molecule has 134 valence electrons. The van der Waals surface area contributed by atoms with Crippen LogP contribution in [0.25, 0.3) is 5.57 Å². The Morgan fingerprint density at radius 3 is 2.48 bits per heavy atom. The van der Waals surface area contributed by atoms with Gasteiger partial charge in [-0.05, 0) is 67.0 Å². The van der Waals surface area contributed by atoms with Gasteiger partial charge in [0.15, 0.2) is 0 Å². The first-order chi connectivity index (χ1) is 12.0. The first-order valence-electron chi connectivity index (χ1n) is 8.53. The minimum Gasteiger partial charge on any atom is -0.497 e. The summed E-state index contributed by atoms with van der Waals surface area (Å²) in [7, 11) is 4.40. The second kappa shape index (κ2) is 6.54. The van der Waals surface area contributed by atoms with Crippen molar-refractivity contribution in [3.8, 4) is 5.75 Å². The quantitative estimate of drug-likeness (QED) is 0.788. The number of methoxy groups -OCH3 is 3. The van der Waals surface area contributed by atoms with Gasteiger partial charge >= 0.3 is 11.9 Å². The molecule has 0 N–H and O–H groups in total. The molecule has 2 unspecified atom stereocenters. The third kappa shape index (κ3) is 2.62. The van der Waals surface area contributed by atoms with E-state index in [1.165, 1.54) is 19.8 Å². The fourth-order valence-corrected chi connectivity index (χ4v) is 4.39. The van der Waals surface area contributed by atoms with Crippen molar-refractivity contribution in [3.63, 3.8) is 0 Å². The van der Waals surface area contributed by atoms with Gasteiger partial charge in [-0.25, -0.2) is 0 Å². The number of rotatable bonds is 3. The molecule has 5 heteroatoms. The lowest BCUT2D eigenvalue weighted by Gasteiger charge is -2.43. The fraction of sp³-hybridized carbons (Fsp3) is 0.500. The summed E-state index contributed by atoms with van der Waals surface area (Å²) >= 11 is 0. The topological polar surface area (TPSA) is 61.8 Å². The summed E-state index contributed by atoms with van der Waals surface area (Å²) in [5.74, 6) is -0.391. The largest absolute Gasteiger partial charge is 0.497 e. The molecule has 0 aromatic heterocycles. The zero-order valence-corrected chi connectivity index (χ0v) is 15.2. The van der Waals surface area contributed by atoms with Crippen molar-refractivity contribution < 1.29 is 23.8 Å². The zero-order chi connectivity index (χ0) is 18.2. The maximum absolute atomic E-state index is 12.7. The third-order valence-corrected chi connectivity index (χ3v) is 5.75. The van der Waals surface area contributed by atoms with E-state index in [-0.39, 0.29) is 11.9 Å². The van der Waals surface area contributed by atoms with Crippen LogP contribution in [0.2, 0.25) is 0 Å². The van der Waals surface area contributed by atoms with Gasteiger partial charge in [0, 0.05) is 0 Å². The monoisotopic (exact) mass is 344 g/mol. The molecule has 0 fully saturated rings. The lowest BCUT2D eigenvalue weighted by molar-refractivity contribution is -0.163. The molecular formula is C20H24O5. The highest BCUT2D eigenvalue weighted by atomic mass is 16.5. The first kappa shape index (κ1) is 17.5. The van der Waals surface area contributed by atoms with Gasteiger partial charge in [0.05, 0.1) is 32.7 Å². The third-order valence-electron chi connectivity index (χ3n) is 5.75. The summed E-state index contributed by atoms with van der Waals surface area (Å²) in [5.41, 5.74) is 3.57. The van der Waals surface area contributed by atoms with Crippen molar-refractivity contribution >= 4 is 17.5 Å². The van der Waals surface area contributed by atoms with E-state index < -0.39 is 11.3 Å². The van der Waals surface area contributed by atoms with Crippen molar-refractivity contribution in [1.29, 1.82) is 0 Å². The normalized spacial score (nSPS) is 24.9. The van der Waals surface area contributed by atoms with Crippen LogP contribution < -0.4 is 4.74 Å². The van der Waals surface area contributed by atoms with Crippen molar-refractivity contribution in [2.45, 2.75) is 32.6 Å². The number of allylic oxidation sites excluding steroid dienone is 1. The van der Waals surface area contributed by atoms with E-state index in [2.05, 4.69) is 12.1 Å². The predicted octanol–water partition coefficient (Wildman–Crippen LogP) is 3.16. The number of carbonyl (C=O) groups excluding carboxylic acids is 2. The molecule has 1 aromatic rings. The van der Waals surface area contributed by atoms with Gasteiger partial charge in [-0.15, -0.1) is 0 Å². The van der Waals surface area contributed by atoms with Crippen LogP contribution >= 0.6 is 0 Å². The van der Waals surface area contributed by atoms with Gasteiger partial charge in [-0.2, -0.15) is 0 Å². The molecule has 2 aliphatic rings. The number of benzene rings is 1. The van der Waals surface area contributed by atoms with Crippen molar-refractivity contribution in [3.05, 3.63) is 34.9 Å². The minimum absolute atomic E-state index is 0.347. The fourth-order valence-electron chi connectivity index (χ4n) is 4.39. The van der Waals surface area contributed by atoms with E-state index in [9.17, 15) is 9.59 Å². The number of carbonyl (C=O) groups is 2. The lowest BCUT2D eigenvalue weighted by Crippen LogP contribution is -2.46. The van der Waals surface area contributed by atoms with Crippen molar-refractivity contribution in [2.75, 3.05) is 21.3 Å². The molecule has 0 saturated carbocycles. The van der Waals surface area contributed by atoms with Crippen LogP contribution in [0.15, 0.2) is 23.8 Å². The molecule has 0 aliphatic heterocycles. The molecule has 0 bridgehead atoms. The second-order valence-electron chi connectivity index (χ2n) is 6.79. The highest BCUT2D eigenvalue weighted by Gasteiger charge is 2.53. The maximum atomic E-state index is 12.7. The summed E-state index contributed by atoms with van der Waals surface area (Å²) in [6.45, 7) is 1.82. The van der Waals surface area contributed by atoms with Crippen LogP contribution in [-0.4, -0.2) is 33.3 Å². The Bertz CT molecular complexity index is 748. The summed E-state index contributed by atoms with van der Waals surface area (Å²) in [6, 6.07) is 6.05. The number of esters is 2. The van der Waals surface area contributed by atoms with Gasteiger partial charge in [-0.1, -0.05) is 6.07 Å². The summed E-state index contributed by atoms with van der Waals surface area (Å²) in [6.07, 6.45) is 2.87. The van der Waals surface area contributed by atoms with E-state index >= 15 is 0 Å². The summed E-state index contributed by atoms with van der Waals surface area (Å²) in [5, 5.41) is 0. The smallest absolute Gasteiger partial charge is 0.316 e. The maximum Gasteiger partial charge on any atom is 0.316 e. The molecule has 0 radical (unpaired) electrons. The van der Waals surface area contributed by atoms with E-state index in [4.69, 9.17) is 14.2 Å². The van der Waals surface area contributed by atoms with Gasteiger partial charge in [0.1, 0.15) is 5.75 Å². The molecule has 1 aromatic carbocycles. The van der Waals surface area contributed by atoms with Crippen LogP contribution in [0.1, 0.15) is 37.3 Å². The molecule has 5 nitrogen and oxygen atoms in total. The molecule has 0 saturated heterocycles. The summed E-state index contributed by atoms with van der Waals surface area (Å²) < 4.78 is 15.4. The van der Waals surface area contributed by atoms with E-state index in [1.54, 1.807) is 7.11 Å². The average Bonchev–Trinajstić information content (AvgIpc) is 2.66. The van der Waals surface area contributed by atoms with E-state index in [0.717, 1.165) is 41.7 Å². The van der Waals surface area contributed by atoms with Crippen LogP contribution in [0, 0.1) is 11.3 Å². The van der Waals surface area contributed by atoms with Crippen LogP contribution in [0.3, 0.4) is 0 Å². The lowest BCUT2D eigenvalue weighted by atomic mass is 9.60. The van der Waals surface area contributed by atoms with Gasteiger partial charge < -0.3 is 14.2 Å². The minimum atomic E-state index is -0.979. The molecular weight excluding hydrogens is 320 g/mol. The molecule has 2 aliphatic carbocycles. The molecule has 2 atom stereocenters. The van der Waals surface area contributed by atoms with E-state index in [1.807, 2.05) is 13.0 Å². The van der Waals surface area contributed by atoms with Gasteiger partial charge in [-0.3, -0.25) is 9.59 Å².